The predicted octanol–water partition coefficient (Wildman–Crippen LogP) is 13.0. The van der Waals surface area contributed by atoms with E-state index in [1.54, 1.807) is 0 Å². The maximum absolute atomic E-state index is 4.03. The number of para-hydroxylation sites is 4. The van der Waals surface area contributed by atoms with Crippen molar-refractivity contribution in [3.63, 3.8) is 0 Å². The van der Waals surface area contributed by atoms with Crippen molar-refractivity contribution in [2.75, 3.05) is 11.9 Å². The maximum Gasteiger partial charge on any atom is 0.104 e. The van der Waals surface area contributed by atoms with Gasteiger partial charge < -0.3 is 19.8 Å². The highest BCUT2D eigenvalue weighted by Crippen LogP contribution is 2.39. The third-order valence-electron chi connectivity index (χ3n) is 12.4. The van der Waals surface area contributed by atoms with Crippen molar-refractivity contribution in [2.45, 2.75) is 12.2 Å². The van der Waals surface area contributed by atoms with Crippen molar-refractivity contribution in [1.29, 1.82) is 0 Å². The molecule has 2 aliphatic rings. The molecule has 5 heteroatoms. The van der Waals surface area contributed by atoms with Gasteiger partial charge in [-0.05, 0) is 88.0 Å². The largest absolute Gasteiger partial charge is 0.381 e. The Morgan fingerprint density at radius 3 is 1.55 bits per heavy atom. The van der Waals surface area contributed by atoms with Crippen molar-refractivity contribution >= 4 is 61.1 Å². The molecule has 0 amide bonds. The van der Waals surface area contributed by atoms with E-state index in [1.807, 2.05) is 0 Å². The van der Waals surface area contributed by atoms with Crippen LogP contribution in [0.3, 0.4) is 0 Å². The fourth-order valence-corrected chi connectivity index (χ4v) is 9.53. The Morgan fingerprint density at radius 2 is 0.967 bits per heavy atom. The molecule has 3 N–H and O–H groups in total. The van der Waals surface area contributed by atoms with E-state index in [-0.39, 0.29) is 12.2 Å². The Hall–Kier alpha value is -7.60. The molecule has 0 aliphatic carbocycles. The molecular weight excluding hydrogens is 731 g/mol. The first-order chi connectivity index (χ1) is 29.7. The van der Waals surface area contributed by atoms with Crippen molar-refractivity contribution < 1.29 is 0 Å². The summed E-state index contributed by atoms with van der Waals surface area (Å²) >= 11 is 0. The Kier molecular flexibility index (Phi) is 8.06. The molecule has 2 atom stereocenters. The third-order valence-corrected chi connectivity index (χ3v) is 12.4. The Bertz CT molecular complexity index is 3090. The molecule has 8 aromatic carbocycles. The van der Waals surface area contributed by atoms with Crippen LogP contribution in [-0.2, 0) is 0 Å². The van der Waals surface area contributed by atoms with E-state index in [1.165, 1.54) is 77.1 Å². The van der Waals surface area contributed by atoms with Gasteiger partial charge in [-0.25, -0.2) is 0 Å². The van der Waals surface area contributed by atoms with Crippen LogP contribution in [0.1, 0.15) is 34.5 Å². The molecule has 12 rings (SSSR count). The molecule has 2 aliphatic heterocycles. The van der Waals surface area contributed by atoms with E-state index in [4.69, 9.17) is 0 Å². The number of hydrogen-bond donors (Lipinski definition) is 3. The van der Waals surface area contributed by atoms with Crippen LogP contribution in [-0.4, -0.2) is 15.7 Å². The van der Waals surface area contributed by atoms with Crippen LogP contribution >= 0.6 is 0 Å². The maximum atomic E-state index is 4.03. The summed E-state index contributed by atoms with van der Waals surface area (Å²) in [6.07, 6.45) is 6.60. The molecule has 4 heterocycles. The molecule has 60 heavy (non-hydrogen) atoms. The smallest absolute Gasteiger partial charge is 0.104 e. The van der Waals surface area contributed by atoms with Gasteiger partial charge in [0.2, 0.25) is 0 Å². The summed E-state index contributed by atoms with van der Waals surface area (Å²) < 4.78 is 4.88. The van der Waals surface area contributed by atoms with Crippen LogP contribution in [0.25, 0.3) is 77.9 Å². The average Bonchev–Trinajstić information content (AvgIpc) is 3.85. The zero-order valence-corrected chi connectivity index (χ0v) is 32.9. The first-order valence-corrected chi connectivity index (χ1v) is 20.8. The lowest BCUT2D eigenvalue weighted by Gasteiger charge is -2.33. The molecule has 5 nitrogen and oxygen atoms in total. The van der Waals surface area contributed by atoms with Crippen LogP contribution in [0.5, 0.6) is 0 Å². The fraction of sp³-hybridized carbons (Fsp3) is 0.0545. The van der Waals surface area contributed by atoms with Crippen molar-refractivity contribution in [1.82, 2.24) is 19.8 Å². The standard InChI is InChI=1S/C55H41N5/c1-2-13-39(14-3-1)55-57-49(38-26-24-36(25-27-38)40-29-28-37-15-12-30-56-48(37)33-40)35-50(58-55)41-31-42(59-51-20-8-4-16-44(51)45-17-5-9-21-52(45)59)34-43(32-41)60-53-22-10-6-18-46(53)47-19-7-11-23-54(47)60/h1-29,31-35,50,55-58H,30H2. The first kappa shape index (κ1) is 34.4. The van der Waals surface area contributed by atoms with Crippen molar-refractivity contribution in [3.8, 4) is 22.5 Å². The van der Waals surface area contributed by atoms with E-state index < -0.39 is 0 Å². The number of nitrogens with zero attached hydrogens (tertiary/aromatic N) is 2. The highest BCUT2D eigenvalue weighted by Gasteiger charge is 2.26. The minimum absolute atomic E-state index is 0.120. The zero-order chi connectivity index (χ0) is 39.6. The quantitative estimate of drug-likeness (QED) is 0.158. The summed E-state index contributed by atoms with van der Waals surface area (Å²) in [5, 5.41) is 16.4. The second kappa shape index (κ2) is 14.0. The Labute approximate surface area is 348 Å². The summed E-state index contributed by atoms with van der Waals surface area (Å²) in [6, 6.07) is 68.5. The second-order valence-corrected chi connectivity index (χ2v) is 15.9. The monoisotopic (exact) mass is 771 g/mol. The summed E-state index contributed by atoms with van der Waals surface area (Å²) in [5.74, 6) is 0. The normalized spacial score (nSPS) is 16.2. The SMILES string of the molecule is C1=Cc2ccc(-c3ccc(C4=CC(c5cc(-n6c7ccccc7c7ccccc76)cc(-n6c7ccccc7c7ccccc76)c5)NC(c5ccccc5)N4)cc3)cc2NC1. The van der Waals surface area contributed by atoms with Crippen molar-refractivity contribution in [3.05, 3.63) is 222 Å². The van der Waals surface area contributed by atoms with Gasteiger partial charge in [0.15, 0.2) is 0 Å². The molecule has 10 aromatic rings. The fourth-order valence-electron chi connectivity index (χ4n) is 9.53. The van der Waals surface area contributed by atoms with Crippen LogP contribution in [0.2, 0.25) is 0 Å². The molecule has 0 fully saturated rings. The van der Waals surface area contributed by atoms with Gasteiger partial charge in [-0.3, -0.25) is 5.32 Å². The topological polar surface area (TPSA) is 46.0 Å². The van der Waals surface area contributed by atoms with Crippen LogP contribution < -0.4 is 16.0 Å². The molecule has 0 saturated heterocycles. The third kappa shape index (κ3) is 5.74. The number of hydrogen-bond acceptors (Lipinski definition) is 3. The van der Waals surface area contributed by atoms with Crippen LogP contribution in [0.15, 0.2) is 200 Å². The van der Waals surface area contributed by atoms with Gasteiger partial charge in [0.1, 0.15) is 6.17 Å². The van der Waals surface area contributed by atoms with E-state index >= 15 is 0 Å². The Balaban J connectivity index is 1.05. The summed E-state index contributed by atoms with van der Waals surface area (Å²) in [6.45, 7) is 0.856. The second-order valence-electron chi connectivity index (χ2n) is 15.9. The lowest BCUT2D eigenvalue weighted by atomic mass is 9.96. The summed E-state index contributed by atoms with van der Waals surface area (Å²) in [5.41, 5.74) is 16.4. The zero-order valence-electron chi connectivity index (χ0n) is 32.9. The van der Waals surface area contributed by atoms with E-state index in [0.29, 0.717) is 0 Å². The molecular formula is C55H41N5. The van der Waals surface area contributed by atoms with Gasteiger partial charge in [-0.1, -0.05) is 152 Å². The highest BCUT2D eigenvalue weighted by molar-refractivity contribution is 6.10. The predicted molar refractivity (Wildman–Crippen MR) is 251 cm³/mol. The number of nitrogens with one attached hydrogen (secondary N) is 3. The first-order valence-electron chi connectivity index (χ1n) is 20.8. The van der Waals surface area contributed by atoms with Gasteiger partial charge in [0.05, 0.1) is 28.1 Å². The molecule has 0 spiro atoms. The molecule has 0 bridgehead atoms. The number of anilines is 1. The minimum atomic E-state index is -0.121. The number of aromatic nitrogens is 2. The summed E-state index contributed by atoms with van der Waals surface area (Å²) in [4.78, 5) is 0. The van der Waals surface area contributed by atoms with Gasteiger partial charge in [-0.15, -0.1) is 0 Å². The lowest BCUT2D eigenvalue weighted by molar-refractivity contribution is 0.442. The summed E-state index contributed by atoms with van der Waals surface area (Å²) in [7, 11) is 0. The van der Waals surface area contributed by atoms with E-state index in [9.17, 15) is 0 Å². The lowest BCUT2D eigenvalue weighted by Crippen LogP contribution is -2.39. The molecule has 286 valence electrons. The van der Waals surface area contributed by atoms with Crippen LogP contribution in [0, 0.1) is 0 Å². The number of benzene rings is 8. The average molecular weight is 772 g/mol. The molecule has 0 saturated carbocycles. The molecule has 2 unspecified atom stereocenters. The van der Waals surface area contributed by atoms with Gasteiger partial charge in [0.25, 0.3) is 0 Å². The number of rotatable bonds is 6. The Morgan fingerprint density at radius 1 is 0.450 bits per heavy atom. The molecule has 0 radical (unpaired) electrons. The van der Waals surface area contributed by atoms with Gasteiger partial charge in [0, 0.05) is 50.8 Å². The minimum Gasteiger partial charge on any atom is -0.381 e. The molecule has 2 aromatic heterocycles. The van der Waals surface area contributed by atoms with Gasteiger partial charge in [-0.2, -0.15) is 0 Å². The van der Waals surface area contributed by atoms with E-state index in [0.717, 1.165) is 29.2 Å². The van der Waals surface area contributed by atoms with E-state index in [2.05, 4.69) is 231 Å². The van der Waals surface area contributed by atoms with Crippen LogP contribution in [0.4, 0.5) is 5.69 Å². The highest BCUT2D eigenvalue weighted by atomic mass is 15.2. The number of fused-ring (bicyclic) bond motifs is 7. The van der Waals surface area contributed by atoms with Gasteiger partial charge >= 0.3 is 0 Å². The van der Waals surface area contributed by atoms with Crippen molar-refractivity contribution in [2.24, 2.45) is 0 Å².